The second kappa shape index (κ2) is 11.0. The molecule has 0 aliphatic rings. The van der Waals surface area contributed by atoms with Crippen molar-refractivity contribution in [3.63, 3.8) is 0 Å². The van der Waals surface area contributed by atoms with Crippen LogP contribution >= 0.6 is 24.0 Å². The molecule has 1 aromatic rings. The lowest BCUT2D eigenvalue weighted by atomic mass is 10.2. The number of aryl methyl sites for hydroxylation is 2. The lowest BCUT2D eigenvalue weighted by molar-refractivity contribution is 0.424. The van der Waals surface area contributed by atoms with Crippen molar-refractivity contribution in [1.29, 1.82) is 0 Å². The van der Waals surface area contributed by atoms with E-state index in [2.05, 4.69) is 20.7 Å². The summed E-state index contributed by atoms with van der Waals surface area (Å²) < 4.78 is 26.4. The summed E-state index contributed by atoms with van der Waals surface area (Å²) in [6.07, 6.45) is 1.95. The van der Waals surface area contributed by atoms with Crippen molar-refractivity contribution in [1.82, 2.24) is 24.7 Å². The summed E-state index contributed by atoms with van der Waals surface area (Å²) in [4.78, 5) is 4.19. The van der Waals surface area contributed by atoms with Gasteiger partial charge in [0.1, 0.15) is 0 Å². The molecule has 0 aliphatic heterocycles. The zero-order chi connectivity index (χ0) is 18.3. The number of hydrogen-bond donors (Lipinski definition) is 2. The van der Waals surface area contributed by atoms with Crippen LogP contribution in [0.5, 0.6) is 0 Å². The van der Waals surface area contributed by atoms with E-state index >= 15 is 0 Å². The van der Waals surface area contributed by atoms with Crippen LogP contribution in [0, 0.1) is 13.8 Å². The molecule has 2 N–H and O–H groups in total. The van der Waals surface area contributed by atoms with Crippen LogP contribution in [0.25, 0.3) is 0 Å². The topological polar surface area (TPSA) is 91.6 Å². The maximum absolute atomic E-state index is 11.5. The molecule has 0 aromatic carbocycles. The van der Waals surface area contributed by atoms with Crippen molar-refractivity contribution in [3.05, 3.63) is 17.0 Å². The van der Waals surface area contributed by atoms with Gasteiger partial charge in [0.25, 0.3) is 0 Å². The predicted octanol–water partition coefficient (Wildman–Crippen LogP) is 0.992. The van der Waals surface area contributed by atoms with Gasteiger partial charge in [-0.05, 0) is 20.3 Å². The van der Waals surface area contributed by atoms with Crippen LogP contribution in [0.2, 0.25) is 0 Å². The summed E-state index contributed by atoms with van der Waals surface area (Å²) in [6.45, 7) is 8.16. The molecule has 1 heterocycles. The zero-order valence-corrected chi connectivity index (χ0v) is 19.1. The number of rotatable bonds is 8. The van der Waals surface area contributed by atoms with Crippen LogP contribution in [-0.4, -0.2) is 61.4 Å². The first kappa shape index (κ1) is 24.1. The van der Waals surface area contributed by atoms with E-state index in [-0.39, 0.29) is 24.0 Å². The molecule has 8 nitrogen and oxygen atoms in total. The van der Waals surface area contributed by atoms with Gasteiger partial charge in [0, 0.05) is 51.5 Å². The van der Waals surface area contributed by atoms with Crippen LogP contribution in [-0.2, 0) is 23.6 Å². The van der Waals surface area contributed by atoms with Crippen molar-refractivity contribution in [3.8, 4) is 0 Å². The van der Waals surface area contributed by atoms with Crippen molar-refractivity contribution in [2.24, 2.45) is 12.0 Å². The largest absolute Gasteiger partial charge is 0.356 e. The van der Waals surface area contributed by atoms with E-state index in [9.17, 15) is 8.42 Å². The molecular weight excluding hydrogens is 455 g/mol. The third-order valence-corrected chi connectivity index (χ3v) is 5.39. The Morgan fingerprint density at radius 3 is 2.40 bits per heavy atom. The van der Waals surface area contributed by atoms with Gasteiger partial charge in [-0.15, -0.1) is 24.0 Å². The maximum atomic E-state index is 11.5. The van der Waals surface area contributed by atoms with E-state index in [0.717, 1.165) is 17.0 Å². The fourth-order valence-electron chi connectivity index (χ4n) is 2.49. The van der Waals surface area contributed by atoms with E-state index in [1.165, 1.54) is 10.6 Å². The number of sulfonamides is 1. The highest BCUT2D eigenvalue weighted by Gasteiger charge is 2.13. The number of guanidine groups is 1. The molecule has 0 atom stereocenters. The van der Waals surface area contributed by atoms with Crippen molar-refractivity contribution >= 4 is 40.0 Å². The number of halogens is 1. The SMILES string of the molecule is CCN(CCCNC(=NC)NCc1c(C)nn(C)c1C)S(C)(=O)=O.I. The average molecular weight is 486 g/mol. The monoisotopic (exact) mass is 486 g/mol. The Kier molecular flexibility index (Phi) is 10.6. The summed E-state index contributed by atoms with van der Waals surface area (Å²) in [5.74, 6) is 0.694. The van der Waals surface area contributed by atoms with Crippen molar-refractivity contribution < 1.29 is 8.42 Å². The van der Waals surface area contributed by atoms with Gasteiger partial charge in [0.2, 0.25) is 10.0 Å². The van der Waals surface area contributed by atoms with Gasteiger partial charge in [-0.25, -0.2) is 12.7 Å². The van der Waals surface area contributed by atoms with Crippen LogP contribution in [0.1, 0.15) is 30.3 Å². The molecule has 10 heteroatoms. The lowest BCUT2D eigenvalue weighted by Gasteiger charge is -2.18. The van der Waals surface area contributed by atoms with Gasteiger partial charge in [0.05, 0.1) is 11.9 Å². The van der Waals surface area contributed by atoms with Gasteiger partial charge in [-0.3, -0.25) is 9.67 Å². The number of hydrogen-bond acceptors (Lipinski definition) is 4. The molecule has 0 unspecified atom stereocenters. The van der Waals surface area contributed by atoms with E-state index in [4.69, 9.17) is 0 Å². The molecule has 25 heavy (non-hydrogen) atoms. The Balaban J connectivity index is 0.00000576. The second-order valence-corrected chi connectivity index (χ2v) is 7.72. The average Bonchev–Trinajstić information content (AvgIpc) is 2.74. The smallest absolute Gasteiger partial charge is 0.211 e. The quantitative estimate of drug-likeness (QED) is 0.248. The Morgan fingerprint density at radius 2 is 1.96 bits per heavy atom. The standard InChI is InChI=1S/C15H30N6O2S.HI/c1-7-21(24(6,22)23)10-8-9-17-15(16-4)18-11-14-12(2)19-20(5)13(14)3;/h7-11H2,1-6H3,(H2,16,17,18);1H. The summed E-state index contributed by atoms with van der Waals surface area (Å²) in [6, 6.07) is 0. The van der Waals surface area contributed by atoms with Gasteiger partial charge in [0.15, 0.2) is 5.96 Å². The Labute approximate surface area is 168 Å². The van der Waals surface area contributed by atoms with Crippen LogP contribution in [0.3, 0.4) is 0 Å². The van der Waals surface area contributed by atoms with Crippen LogP contribution < -0.4 is 10.6 Å². The predicted molar refractivity (Wildman–Crippen MR) is 113 cm³/mol. The number of aliphatic imine (C=N–C) groups is 1. The third kappa shape index (κ3) is 7.48. The molecule has 146 valence electrons. The van der Waals surface area contributed by atoms with Gasteiger partial charge in [-0.1, -0.05) is 6.92 Å². The number of aromatic nitrogens is 2. The summed E-state index contributed by atoms with van der Waals surface area (Å²) in [5.41, 5.74) is 3.29. The van der Waals surface area contributed by atoms with Crippen LogP contribution in [0.4, 0.5) is 0 Å². The zero-order valence-electron chi connectivity index (χ0n) is 16.0. The van der Waals surface area contributed by atoms with Gasteiger partial charge < -0.3 is 10.6 Å². The Hall–Kier alpha value is -0.880. The fraction of sp³-hybridized carbons (Fsp3) is 0.733. The summed E-state index contributed by atoms with van der Waals surface area (Å²) in [7, 11) is 0.522. The molecule has 0 radical (unpaired) electrons. The second-order valence-electron chi connectivity index (χ2n) is 5.73. The molecule has 0 fully saturated rings. The van der Waals surface area contributed by atoms with Gasteiger partial charge in [-0.2, -0.15) is 5.10 Å². The highest BCUT2D eigenvalue weighted by molar-refractivity contribution is 14.0. The first-order chi connectivity index (χ1) is 11.2. The fourth-order valence-corrected chi connectivity index (χ4v) is 3.42. The minimum Gasteiger partial charge on any atom is -0.356 e. The van der Waals surface area contributed by atoms with E-state index < -0.39 is 10.0 Å². The minimum absolute atomic E-state index is 0. The normalized spacial score (nSPS) is 12.2. The summed E-state index contributed by atoms with van der Waals surface area (Å²) in [5, 5.41) is 10.9. The number of nitrogens with one attached hydrogen (secondary N) is 2. The molecule has 0 saturated heterocycles. The summed E-state index contributed by atoms with van der Waals surface area (Å²) >= 11 is 0. The highest BCUT2D eigenvalue weighted by atomic mass is 127. The lowest BCUT2D eigenvalue weighted by Crippen LogP contribution is -2.39. The molecule has 0 spiro atoms. The van der Waals surface area contributed by atoms with Crippen LogP contribution in [0.15, 0.2) is 4.99 Å². The first-order valence-corrected chi connectivity index (χ1v) is 9.94. The molecule has 1 rings (SSSR count). The molecule has 1 aromatic heterocycles. The van der Waals surface area contributed by atoms with Gasteiger partial charge >= 0.3 is 0 Å². The highest BCUT2D eigenvalue weighted by Crippen LogP contribution is 2.10. The minimum atomic E-state index is -3.12. The molecule has 0 saturated carbocycles. The molecule has 0 amide bonds. The van der Waals surface area contributed by atoms with Crippen molar-refractivity contribution in [2.75, 3.05) is 32.9 Å². The molecule has 0 aliphatic carbocycles. The number of nitrogens with zero attached hydrogens (tertiary/aromatic N) is 4. The molecular formula is C15H31IN6O2S. The third-order valence-electron chi connectivity index (χ3n) is 4.01. The first-order valence-electron chi connectivity index (χ1n) is 8.09. The Morgan fingerprint density at radius 1 is 1.32 bits per heavy atom. The maximum Gasteiger partial charge on any atom is 0.211 e. The van der Waals surface area contributed by atoms with E-state index in [1.54, 1.807) is 7.05 Å². The Bertz CT molecular complexity index is 672. The van der Waals surface area contributed by atoms with E-state index in [1.807, 2.05) is 32.5 Å². The van der Waals surface area contributed by atoms with E-state index in [0.29, 0.717) is 38.6 Å². The molecule has 0 bridgehead atoms. The van der Waals surface area contributed by atoms with Crippen molar-refractivity contribution in [2.45, 2.75) is 33.7 Å².